The van der Waals surface area contributed by atoms with Crippen molar-refractivity contribution in [1.29, 1.82) is 0 Å². The molecule has 1 aromatic rings. The summed E-state index contributed by atoms with van der Waals surface area (Å²) in [6.07, 6.45) is -0.594. The number of carbonyl (C=O) groups excluding carboxylic acids is 2. The molecule has 2 rings (SSSR count). The summed E-state index contributed by atoms with van der Waals surface area (Å²) in [4.78, 5) is 23.6. The molecule has 0 heterocycles. The molecule has 0 aromatic heterocycles. The number of halogens is 3. The van der Waals surface area contributed by atoms with Crippen molar-refractivity contribution in [3.63, 3.8) is 0 Å². The predicted molar refractivity (Wildman–Crippen MR) is 85.7 cm³/mol. The van der Waals surface area contributed by atoms with Crippen LogP contribution in [0.15, 0.2) is 24.3 Å². The second-order valence-electron chi connectivity index (χ2n) is 6.47. The number of carbonyl (C=O) groups is 2. The van der Waals surface area contributed by atoms with Crippen LogP contribution in [-0.4, -0.2) is 24.5 Å². The molecule has 1 saturated carbocycles. The van der Waals surface area contributed by atoms with Gasteiger partial charge in [-0.25, -0.2) is 0 Å². The summed E-state index contributed by atoms with van der Waals surface area (Å²) in [6, 6.07) is 4.59. The van der Waals surface area contributed by atoms with Crippen molar-refractivity contribution in [2.24, 2.45) is 5.92 Å². The zero-order chi connectivity index (χ0) is 18.4. The second kappa shape index (κ2) is 8.36. The lowest BCUT2D eigenvalue weighted by atomic mass is 9.86. The molecule has 1 fully saturated rings. The molecule has 0 saturated heterocycles. The minimum absolute atomic E-state index is 0.0865. The van der Waals surface area contributed by atoms with Crippen LogP contribution in [0, 0.1) is 5.92 Å². The highest BCUT2D eigenvalue weighted by Gasteiger charge is 2.30. The quantitative estimate of drug-likeness (QED) is 0.821. The van der Waals surface area contributed by atoms with E-state index in [-0.39, 0.29) is 23.9 Å². The summed E-state index contributed by atoms with van der Waals surface area (Å²) < 4.78 is 42.8. The Labute approximate surface area is 144 Å². The zero-order valence-electron chi connectivity index (χ0n) is 14.1. The van der Waals surface area contributed by atoms with Crippen molar-refractivity contribution in [3.05, 3.63) is 35.4 Å². The Balaban J connectivity index is 1.79. The first kappa shape index (κ1) is 19.3. The lowest BCUT2D eigenvalue weighted by Crippen LogP contribution is -2.42. The first-order valence-electron chi connectivity index (χ1n) is 8.37. The molecule has 7 heteroatoms. The fraction of sp³-hybridized carbons (Fsp3) is 0.556. The number of nitrogens with one attached hydrogen (secondary N) is 1. The van der Waals surface area contributed by atoms with Gasteiger partial charge in [-0.05, 0) is 30.4 Å². The van der Waals surface area contributed by atoms with E-state index in [2.05, 4.69) is 12.2 Å². The first-order valence-corrected chi connectivity index (χ1v) is 8.37. The molecule has 0 aliphatic heterocycles. The zero-order valence-corrected chi connectivity index (χ0v) is 14.1. The van der Waals surface area contributed by atoms with Gasteiger partial charge in [0.2, 0.25) is 0 Å². The summed E-state index contributed by atoms with van der Waals surface area (Å²) in [5.74, 6) is -0.721. The average molecular weight is 357 g/mol. The number of ether oxygens (including phenoxy) is 1. The van der Waals surface area contributed by atoms with E-state index in [1.807, 2.05) is 0 Å². The smallest absolute Gasteiger partial charge is 0.416 e. The van der Waals surface area contributed by atoms with Gasteiger partial charge in [0.05, 0.1) is 12.0 Å². The fourth-order valence-corrected chi connectivity index (χ4v) is 3.00. The molecule has 1 aliphatic carbocycles. The van der Waals surface area contributed by atoms with Gasteiger partial charge in [-0.1, -0.05) is 38.0 Å². The van der Waals surface area contributed by atoms with E-state index < -0.39 is 24.3 Å². The Kier molecular flexibility index (Phi) is 6.45. The van der Waals surface area contributed by atoms with E-state index in [4.69, 9.17) is 4.74 Å². The molecule has 1 aromatic carbocycles. The Morgan fingerprint density at radius 2 is 1.96 bits per heavy atom. The number of hydrogen-bond acceptors (Lipinski definition) is 3. The average Bonchev–Trinajstić information content (AvgIpc) is 2.55. The Hall–Kier alpha value is -2.05. The van der Waals surface area contributed by atoms with Gasteiger partial charge in [-0.3, -0.25) is 9.59 Å². The molecule has 2 atom stereocenters. The topological polar surface area (TPSA) is 55.4 Å². The molecular formula is C18H22F3NO3. The normalized spacial score (nSPS) is 20.8. The highest BCUT2D eigenvalue weighted by molar-refractivity contribution is 5.81. The van der Waals surface area contributed by atoms with Crippen LogP contribution in [-0.2, 0) is 26.9 Å². The molecule has 1 aliphatic rings. The van der Waals surface area contributed by atoms with Crippen LogP contribution < -0.4 is 5.32 Å². The van der Waals surface area contributed by atoms with Gasteiger partial charge in [0, 0.05) is 6.04 Å². The Morgan fingerprint density at radius 1 is 1.24 bits per heavy atom. The minimum Gasteiger partial charge on any atom is -0.455 e. The molecule has 0 radical (unpaired) electrons. The SMILES string of the molecule is C[C@H]1CCCC[C@@H]1NC(=O)COC(=O)Cc1cccc(C(F)(F)F)c1. The van der Waals surface area contributed by atoms with Gasteiger partial charge in [0.25, 0.3) is 5.91 Å². The van der Waals surface area contributed by atoms with Gasteiger partial charge in [0.15, 0.2) is 6.61 Å². The van der Waals surface area contributed by atoms with Crippen LogP contribution in [0.4, 0.5) is 13.2 Å². The molecule has 0 spiro atoms. The second-order valence-corrected chi connectivity index (χ2v) is 6.47. The van der Waals surface area contributed by atoms with Crippen LogP contribution in [0.2, 0.25) is 0 Å². The number of esters is 1. The number of amides is 1. The maximum atomic E-state index is 12.6. The first-order chi connectivity index (χ1) is 11.8. The van der Waals surface area contributed by atoms with Crippen LogP contribution in [0.5, 0.6) is 0 Å². The molecule has 1 amide bonds. The highest BCUT2D eigenvalue weighted by Crippen LogP contribution is 2.29. The predicted octanol–water partition coefficient (Wildman–Crippen LogP) is 3.49. The van der Waals surface area contributed by atoms with Crippen molar-refractivity contribution in [2.45, 2.75) is 51.2 Å². The molecule has 1 N–H and O–H groups in total. The summed E-state index contributed by atoms with van der Waals surface area (Å²) in [6.45, 7) is 1.66. The molecular weight excluding hydrogens is 335 g/mol. The van der Waals surface area contributed by atoms with Gasteiger partial charge < -0.3 is 10.1 Å². The van der Waals surface area contributed by atoms with E-state index in [0.29, 0.717) is 5.92 Å². The third kappa shape index (κ3) is 6.07. The van der Waals surface area contributed by atoms with Crippen molar-refractivity contribution in [3.8, 4) is 0 Å². The standard InChI is InChI=1S/C18H22F3NO3/c1-12-5-2-3-8-15(12)22-16(23)11-25-17(24)10-13-6-4-7-14(9-13)18(19,20)21/h4,6-7,9,12,15H,2-3,5,8,10-11H2,1H3,(H,22,23)/t12-,15-/m0/s1. The van der Waals surface area contributed by atoms with Crippen LogP contribution >= 0.6 is 0 Å². The minimum atomic E-state index is -4.46. The van der Waals surface area contributed by atoms with Crippen molar-refractivity contribution in [2.75, 3.05) is 6.61 Å². The van der Waals surface area contributed by atoms with E-state index >= 15 is 0 Å². The van der Waals surface area contributed by atoms with Crippen LogP contribution in [0.25, 0.3) is 0 Å². The maximum absolute atomic E-state index is 12.6. The molecule has 0 bridgehead atoms. The summed E-state index contributed by atoms with van der Waals surface area (Å²) >= 11 is 0. The maximum Gasteiger partial charge on any atom is 0.416 e. The number of hydrogen-bond donors (Lipinski definition) is 1. The third-order valence-electron chi connectivity index (χ3n) is 4.42. The molecule has 138 valence electrons. The largest absolute Gasteiger partial charge is 0.455 e. The Bertz CT molecular complexity index is 616. The number of alkyl halides is 3. The summed E-state index contributed by atoms with van der Waals surface area (Å²) in [5.41, 5.74) is -0.622. The van der Waals surface area contributed by atoms with E-state index in [1.165, 1.54) is 12.1 Å². The summed E-state index contributed by atoms with van der Waals surface area (Å²) in [7, 11) is 0. The van der Waals surface area contributed by atoms with E-state index in [0.717, 1.165) is 37.8 Å². The molecule has 4 nitrogen and oxygen atoms in total. The van der Waals surface area contributed by atoms with Gasteiger partial charge in [0.1, 0.15) is 0 Å². The monoisotopic (exact) mass is 357 g/mol. The summed E-state index contributed by atoms with van der Waals surface area (Å²) in [5, 5.41) is 2.85. The lowest BCUT2D eigenvalue weighted by molar-refractivity contribution is -0.148. The van der Waals surface area contributed by atoms with E-state index in [1.54, 1.807) is 0 Å². The van der Waals surface area contributed by atoms with Crippen molar-refractivity contribution in [1.82, 2.24) is 5.32 Å². The highest BCUT2D eigenvalue weighted by atomic mass is 19.4. The molecule has 0 unspecified atom stereocenters. The fourth-order valence-electron chi connectivity index (χ4n) is 3.00. The number of rotatable bonds is 5. The lowest BCUT2D eigenvalue weighted by Gasteiger charge is -2.29. The van der Waals surface area contributed by atoms with Gasteiger partial charge >= 0.3 is 12.1 Å². The Morgan fingerprint density at radius 3 is 2.64 bits per heavy atom. The van der Waals surface area contributed by atoms with Crippen LogP contribution in [0.1, 0.15) is 43.7 Å². The van der Waals surface area contributed by atoms with Crippen LogP contribution in [0.3, 0.4) is 0 Å². The van der Waals surface area contributed by atoms with Gasteiger partial charge in [-0.15, -0.1) is 0 Å². The van der Waals surface area contributed by atoms with Crippen molar-refractivity contribution >= 4 is 11.9 Å². The van der Waals surface area contributed by atoms with Gasteiger partial charge in [-0.2, -0.15) is 13.2 Å². The third-order valence-corrected chi connectivity index (χ3v) is 4.42. The van der Waals surface area contributed by atoms with E-state index in [9.17, 15) is 22.8 Å². The molecule has 25 heavy (non-hydrogen) atoms. The van der Waals surface area contributed by atoms with Crippen molar-refractivity contribution < 1.29 is 27.5 Å². The number of benzene rings is 1.